The van der Waals surface area contributed by atoms with Crippen LogP contribution in [0.4, 0.5) is 15.8 Å². The van der Waals surface area contributed by atoms with Crippen LogP contribution in [-0.4, -0.2) is 49.0 Å². The second-order valence-corrected chi connectivity index (χ2v) is 9.95. The van der Waals surface area contributed by atoms with Gasteiger partial charge in [-0.05, 0) is 42.7 Å². The lowest BCUT2D eigenvalue weighted by Crippen LogP contribution is -2.31. The first-order valence-corrected chi connectivity index (χ1v) is 13.1. The Hall–Kier alpha value is -3.18. The Bertz CT molecular complexity index is 1320. The van der Waals surface area contributed by atoms with E-state index in [1.54, 1.807) is 19.1 Å². The van der Waals surface area contributed by atoms with E-state index in [2.05, 4.69) is 19.9 Å². The third-order valence-electron chi connectivity index (χ3n) is 4.98. The van der Waals surface area contributed by atoms with Crippen molar-refractivity contribution in [2.45, 2.75) is 26.7 Å². The van der Waals surface area contributed by atoms with Crippen molar-refractivity contribution < 1.29 is 17.5 Å². The van der Waals surface area contributed by atoms with Gasteiger partial charge in [0.05, 0.1) is 29.9 Å². The number of ether oxygens (including phenoxy) is 1. The monoisotopic (exact) mass is 523 g/mol. The van der Waals surface area contributed by atoms with Crippen molar-refractivity contribution >= 4 is 33.0 Å². The molecule has 0 spiro atoms. The summed E-state index contributed by atoms with van der Waals surface area (Å²) in [4.78, 5) is 17.9. The summed E-state index contributed by atoms with van der Waals surface area (Å²) in [7, 11) is -3.51. The van der Waals surface area contributed by atoms with Crippen molar-refractivity contribution in [3.8, 4) is 17.0 Å². The van der Waals surface area contributed by atoms with Crippen molar-refractivity contribution in [3.05, 3.63) is 63.9 Å². The van der Waals surface area contributed by atoms with Crippen LogP contribution in [0.2, 0.25) is 5.02 Å². The molecular weight excluding hydrogens is 497 g/mol. The fourth-order valence-corrected chi connectivity index (χ4v) is 4.78. The van der Waals surface area contributed by atoms with Gasteiger partial charge in [-0.25, -0.2) is 22.9 Å². The van der Waals surface area contributed by atoms with Gasteiger partial charge in [0.2, 0.25) is 15.9 Å². The highest BCUT2D eigenvalue weighted by Crippen LogP contribution is 2.28. The summed E-state index contributed by atoms with van der Waals surface area (Å²) in [5.41, 5.74) is 1.02. The number of rotatable bonds is 12. The van der Waals surface area contributed by atoms with Crippen LogP contribution in [0.3, 0.4) is 0 Å². The van der Waals surface area contributed by atoms with E-state index in [4.69, 9.17) is 16.3 Å². The number of anilines is 2. The van der Waals surface area contributed by atoms with Gasteiger partial charge >= 0.3 is 0 Å². The Kier molecular flexibility index (Phi) is 9.05. The number of sulfonamides is 1. The topological polar surface area (TPSA) is 117 Å². The maximum Gasteiger partial charge on any atom is 0.285 e. The van der Waals surface area contributed by atoms with Crippen LogP contribution in [0, 0.1) is 5.82 Å². The molecule has 3 aromatic rings. The zero-order valence-electron chi connectivity index (χ0n) is 19.4. The largest absolute Gasteiger partial charge is 0.476 e. The number of aromatic amines is 1. The quantitative estimate of drug-likeness (QED) is 0.367. The highest BCUT2D eigenvalue weighted by atomic mass is 35.5. The molecule has 0 unspecified atom stereocenters. The molecule has 0 aliphatic carbocycles. The lowest BCUT2D eigenvalue weighted by molar-refractivity contribution is 0.311. The summed E-state index contributed by atoms with van der Waals surface area (Å²) >= 11 is 6.13. The summed E-state index contributed by atoms with van der Waals surface area (Å²) in [6, 6.07) is 7.39. The minimum absolute atomic E-state index is 0.0411. The molecule has 0 saturated heterocycles. The second kappa shape index (κ2) is 12.0. The molecule has 0 amide bonds. The number of H-pyrrole nitrogens is 1. The smallest absolute Gasteiger partial charge is 0.285 e. The Morgan fingerprint density at radius 3 is 2.69 bits per heavy atom. The highest BCUT2D eigenvalue weighted by molar-refractivity contribution is 7.92. The summed E-state index contributed by atoms with van der Waals surface area (Å²) in [6.07, 6.45) is 4.27. The molecule has 12 heteroatoms. The molecule has 3 rings (SSSR count). The molecule has 35 heavy (non-hydrogen) atoms. The predicted octanol–water partition coefficient (Wildman–Crippen LogP) is 4.07. The fraction of sp³-hybridized carbons (Fsp3) is 0.348. The van der Waals surface area contributed by atoms with Crippen molar-refractivity contribution in [2.75, 3.05) is 35.1 Å². The normalized spacial score (nSPS) is 11.3. The lowest BCUT2D eigenvalue weighted by atomic mass is 10.1. The van der Waals surface area contributed by atoms with Gasteiger partial charge in [-0.3, -0.25) is 9.52 Å². The molecule has 9 nitrogen and oxygen atoms in total. The minimum Gasteiger partial charge on any atom is -0.476 e. The summed E-state index contributed by atoms with van der Waals surface area (Å²) < 4.78 is 46.8. The average molecular weight is 524 g/mol. The molecule has 0 radical (unpaired) electrons. The summed E-state index contributed by atoms with van der Waals surface area (Å²) in [5.74, 6) is -0.328. The van der Waals surface area contributed by atoms with E-state index >= 15 is 0 Å². The molecule has 0 fully saturated rings. The number of aromatic nitrogens is 3. The van der Waals surface area contributed by atoms with Crippen LogP contribution >= 0.6 is 11.6 Å². The van der Waals surface area contributed by atoms with Gasteiger partial charge in [0, 0.05) is 24.4 Å². The Labute approximate surface area is 208 Å². The van der Waals surface area contributed by atoms with E-state index in [1.807, 2.05) is 11.8 Å². The maximum absolute atomic E-state index is 14.8. The van der Waals surface area contributed by atoms with Gasteiger partial charge in [0.25, 0.3) is 5.56 Å². The van der Waals surface area contributed by atoms with Crippen LogP contribution in [0.5, 0.6) is 5.88 Å². The molecule has 1 aromatic carbocycles. The number of pyridine rings is 1. The van der Waals surface area contributed by atoms with E-state index < -0.39 is 21.4 Å². The Morgan fingerprint density at radius 2 is 1.97 bits per heavy atom. The number of hydrogen-bond acceptors (Lipinski definition) is 7. The minimum atomic E-state index is -3.51. The molecule has 0 bridgehead atoms. The molecule has 0 aliphatic rings. The molecule has 0 aliphatic heterocycles. The van der Waals surface area contributed by atoms with Crippen molar-refractivity contribution in [1.29, 1.82) is 0 Å². The van der Waals surface area contributed by atoms with Crippen LogP contribution in [-0.2, 0) is 10.0 Å². The lowest BCUT2D eigenvalue weighted by Gasteiger charge is -2.24. The summed E-state index contributed by atoms with van der Waals surface area (Å²) in [5, 5.41) is 6.17. The third-order valence-corrected chi connectivity index (χ3v) is 6.84. The Balaban J connectivity index is 1.70. The van der Waals surface area contributed by atoms with E-state index in [9.17, 15) is 17.6 Å². The zero-order valence-corrected chi connectivity index (χ0v) is 21.0. The van der Waals surface area contributed by atoms with E-state index in [0.717, 1.165) is 12.5 Å². The van der Waals surface area contributed by atoms with E-state index in [0.29, 0.717) is 36.6 Å². The number of halogens is 2. The Morgan fingerprint density at radius 1 is 1.17 bits per heavy atom. The average Bonchev–Trinajstić information content (AvgIpc) is 2.80. The molecule has 2 aromatic heterocycles. The standard InChI is InChI=1S/C23H27ClFN5O4S/c1-3-9-30(20-15-27-28-23(31)22(20)24)10-11-34-21-13-16(7-8-26-21)18-6-5-17(14-19(18)25)29-35(32,33)12-4-2/h5-8,13-15,29H,3-4,9-12H2,1-2H3,(H,28,31). The third kappa shape index (κ3) is 7.15. The van der Waals surface area contributed by atoms with E-state index in [1.165, 1.54) is 24.5 Å². The second-order valence-electron chi connectivity index (χ2n) is 7.73. The van der Waals surface area contributed by atoms with Gasteiger partial charge in [0.15, 0.2) is 0 Å². The number of benzene rings is 1. The fourth-order valence-electron chi connectivity index (χ4n) is 3.45. The highest BCUT2D eigenvalue weighted by Gasteiger charge is 2.15. The first kappa shape index (κ1) is 26.4. The van der Waals surface area contributed by atoms with Crippen LogP contribution in [0.25, 0.3) is 11.1 Å². The number of nitrogens with one attached hydrogen (secondary N) is 2. The van der Waals surface area contributed by atoms with E-state index in [-0.39, 0.29) is 28.6 Å². The van der Waals surface area contributed by atoms with Crippen molar-refractivity contribution in [1.82, 2.24) is 15.2 Å². The van der Waals surface area contributed by atoms with Gasteiger partial charge < -0.3 is 9.64 Å². The molecule has 188 valence electrons. The molecular formula is C23H27ClFN5O4S. The molecule has 2 N–H and O–H groups in total. The van der Waals surface area contributed by atoms with Gasteiger partial charge in [-0.1, -0.05) is 25.4 Å². The molecule has 2 heterocycles. The first-order valence-electron chi connectivity index (χ1n) is 11.1. The maximum atomic E-state index is 14.8. The van der Waals surface area contributed by atoms with Crippen LogP contribution in [0.15, 0.2) is 47.5 Å². The molecule has 0 saturated carbocycles. The van der Waals surface area contributed by atoms with Crippen molar-refractivity contribution in [2.24, 2.45) is 0 Å². The van der Waals surface area contributed by atoms with Gasteiger partial charge in [-0.15, -0.1) is 0 Å². The summed E-state index contributed by atoms with van der Waals surface area (Å²) in [6.45, 7) is 5.05. The molecule has 0 atom stereocenters. The number of nitrogens with zero attached hydrogens (tertiary/aromatic N) is 3. The predicted molar refractivity (Wildman–Crippen MR) is 135 cm³/mol. The van der Waals surface area contributed by atoms with Crippen molar-refractivity contribution in [3.63, 3.8) is 0 Å². The zero-order chi connectivity index (χ0) is 25.4. The first-order chi connectivity index (χ1) is 16.7. The SMILES string of the molecule is CCCN(CCOc1cc(-c2ccc(NS(=O)(=O)CCC)cc2F)ccn1)c1cn[nH]c(=O)c1Cl. The number of hydrogen-bond donors (Lipinski definition) is 2. The van der Waals surface area contributed by atoms with Gasteiger partial charge in [0.1, 0.15) is 17.4 Å². The van der Waals surface area contributed by atoms with Gasteiger partial charge in [-0.2, -0.15) is 5.10 Å². The van der Waals surface area contributed by atoms with Crippen LogP contribution < -0.4 is 19.9 Å². The van der Waals surface area contributed by atoms with Crippen LogP contribution in [0.1, 0.15) is 26.7 Å².